The second-order valence-corrected chi connectivity index (χ2v) is 7.18. The largest absolute Gasteiger partial charge is 0.486 e. The Hall–Kier alpha value is -0.590. The summed E-state index contributed by atoms with van der Waals surface area (Å²) in [6, 6.07) is 8.87. The fourth-order valence-corrected chi connectivity index (χ4v) is 3.89. The second-order valence-electron chi connectivity index (χ2n) is 4.55. The van der Waals surface area contributed by atoms with Gasteiger partial charge >= 0.3 is 0 Å². The zero-order chi connectivity index (χ0) is 15.0. The van der Waals surface area contributed by atoms with Crippen LogP contribution in [-0.4, -0.2) is 13.2 Å². The number of benzene rings is 2. The molecule has 2 aromatic carbocycles. The molecular formula is C15H10Br3FO2. The number of halogens is 4. The van der Waals surface area contributed by atoms with E-state index in [2.05, 4.69) is 47.8 Å². The molecule has 3 rings (SSSR count). The number of alkyl halides is 1. The zero-order valence-electron chi connectivity index (χ0n) is 10.7. The first-order chi connectivity index (χ1) is 10.1. The summed E-state index contributed by atoms with van der Waals surface area (Å²) < 4.78 is 26.2. The van der Waals surface area contributed by atoms with Crippen LogP contribution >= 0.6 is 47.8 Å². The van der Waals surface area contributed by atoms with Gasteiger partial charge in [0.25, 0.3) is 0 Å². The molecule has 0 amide bonds. The third-order valence-corrected chi connectivity index (χ3v) is 5.52. The Morgan fingerprint density at radius 3 is 2.29 bits per heavy atom. The number of hydrogen-bond donors (Lipinski definition) is 0. The van der Waals surface area contributed by atoms with Gasteiger partial charge in [-0.15, -0.1) is 0 Å². The first-order valence-electron chi connectivity index (χ1n) is 6.24. The third-order valence-electron chi connectivity index (χ3n) is 3.17. The summed E-state index contributed by atoms with van der Waals surface area (Å²) in [5.41, 5.74) is 1.79. The summed E-state index contributed by atoms with van der Waals surface area (Å²) in [6.45, 7) is 1.09. The first-order valence-corrected chi connectivity index (χ1v) is 8.74. The van der Waals surface area contributed by atoms with Gasteiger partial charge in [-0.2, -0.15) is 0 Å². The smallest absolute Gasteiger partial charge is 0.162 e. The molecule has 6 heteroatoms. The van der Waals surface area contributed by atoms with Crippen LogP contribution in [0.5, 0.6) is 11.5 Å². The Labute approximate surface area is 147 Å². The topological polar surface area (TPSA) is 18.5 Å². The van der Waals surface area contributed by atoms with Crippen molar-refractivity contribution in [1.82, 2.24) is 0 Å². The number of fused-ring (bicyclic) bond motifs is 1. The van der Waals surface area contributed by atoms with E-state index in [1.807, 2.05) is 18.2 Å². The number of ether oxygens (including phenoxy) is 2. The number of hydrogen-bond acceptors (Lipinski definition) is 2. The van der Waals surface area contributed by atoms with Crippen molar-refractivity contribution >= 4 is 47.8 Å². The molecule has 1 atom stereocenters. The predicted molar refractivity (Wildman–Crippen MR) is 90.0 cm³/mol. The molecule has 2 nitrogen and oxygen atoms in total. The highest BCUT2D eigenvalue weighted by atomic mass is 79.9. The van der Waals surface area contributed by atoms with Gasteiger partial charge in [0.05, 0.1) is 9.30 Å². The van der Waals surface area contributed by atoms with E-state index in [1.165, 1.54) is 6.07 Å². The normalized spacial score (nSPS) is 14.9. The van der Waals surface area contributed by atoms with E-state index in [0.717, 1.165) is 21.3 Å². The van der Waals surface area contributed by atoms with Gasteiger partial charge in [-0.05, 0) is 51.3 Å². The van der Waals surface area contributed by atoms with Crippen molar-refractivity contribution in [3.8, 4) is 11.5 Å². The maximum Gasteiger partial charge on any atom is 0.162 e. The van der Waals surface area contributed by atoms with Crippen molar-refractivity contribution in [2.75, 3.05) is 13.2 Å². The van der Waals surface area contributed by atoms with Gasteiger partial charge in [0.2, 0.25) is 0 Å². The van der Waals surface area contributed by atoms with Crippen molar-refractivity contribution in [2.45, 2.75) is 4.83 Å². The van der Waals surface area contributed by atoms with E-state index in [4.69, 9.17) is 9.47 Å². The average Bonchev–Trinajstić information content (AvgIpc) is 2.48. The van der Waals surface area contributed by atoms with Crippen molar-refractivity contribution in [2.24, 2.45) is 0 Å². The molecule has 0 fully saturated rings. The average molecular weight is 481 g/mol. The van der Waals surface area contributed by atoms with Gasteiger partial charge < -0.3 is 9.47 Å². The molecule has 1 unspecified atom stereocenters. The Balaban J connectivity index is 2.00. The molecule has 0 radical (unpaired) electrons. The van der Waals surface area contributed by atoms with Crippen LogP contribution in [0.1, 0.15) is 16.0 Å². The van der Waals surface area contributed by atoms with E-state index in [0.29, 0.717) is 23.4 Å². The van der Waals surface area contributed by atoms with Gasteiger partial charge in [-0.3, -0.25) is 0 Å². The minimum absolute atomic E-state index is 0.148. The molecule has 0 aromatic heterocycles. The Morgan fingerprint density at radius 1 is 0.952 bits per heavy atom. The molecule has 21 heavy (non-hydrogen) atoms. The second kappa shape index (κ2) is 6.26. The van der Waals surface area contributed by atoms with E-state index in [-0.39, 0.29) is 10.6 Å². The summed E-state index contributed by atoms with van der Waals surface area (Å²) in [7, 11) is 0. The lowest BCUT2D eigenvalue weighted by Gasteiger charge is -2.21. The molecule has 0 spiro atoms. The van der Waals surface area contributed by atoms with Crippen LogP contribution in [0.25, 0.3) is 0 Å². The van der Waals surface area contributed by atoms with E-state index in [9.17, 15) is 4.39 Å². The molecule has 0 N–H and O–H groups in total. The SMILES string of the molecule is Fc1cc(C(Br)c2cc3c(cc2Br)OCCO3)ccc1Br. The zero-order valence-corrected chi connectivity index (χ0v) is 15.5. The van der Waals surface area contributed by atoms with Crippen molar-refractivity contribution in [1.29, 1.82) is 0 Å². The van der Waals surface area contributed by atoms with Gasteiger partial charge in [0.15, 0.2) is 11.5 Å². The van der Waals surface area contributed by atoms with Crippen LogP contribution in [-0.2, 0) is 0 Å². The summed E-state index contributed by atoms with van der Waals surface area (Å²) in [6.07, 6.45) is 0. The summed E-state index contributed by atoms with van der Waals surface area (Å²) in [5, 5.41) is 0. The standard InChI is InChI=1S/C15H10Br3FO2/c16-10-2-1-8(5-12(10)19)15(18)9-6-13-14(7-11(9)17)21-4-3-20-13/h1-2,5-7,15H,3-4H2. The lowest BCUT2D eigenvalue weighted by molar-refractivity contribution is 0.171. The third kappa shape index (κ3) is 3.12. The predicted octanol–water partition coefficient (Wildman–Crippen LogP) is 5.61. The van der Waals surface area contributed by atoms with E-state index >= 15 is 0 Å². The van der Waals surface area contributed by atoms with Crippen LogP contribution < -0.4 is 9.47 Å². The quantitative estimate of drug-likeness (QED) is 0.520. The monoisotopic (exact) mass is 478 g/mol. The van der Waals surface area contributed by atoms with Crippen LogP contribution in [0.2, 0.25) is 0 Å². The molecule has 1 aliphatic rings. The highest BCUT2D eigenvalue weighted by molar-refractivity contribution is 9.11. The van der Waals surface area contributed by atoms with Gasteiger partial charge in [0, 0.05) is 4.47 Å². The molecular weight excluding hydrogens is 471 g/mol. The summed E-state index contributed by atoms with van der Waals surface area (Å²) in [4.78, 5) is -0.148. The minimum Gasteiger partial charge on any atom is -0.486 e. The van der Waals surface area contributed by atoms with Crippen LogP contribution in [0, 0.1) is 5.82 Å². The van der Waals surface area contributed by atoms with E-state index < -0.39 is 0 Å². The molecule has 110 valence electrons. The van der Waals surface area contributed by atoms with Crippen LogP contribution in [0.4, 0.5) is 4.39 Å². The summed E-state index contributed by atoms with van der Waals surface area (Å²) in [5.74, 6) is 1.14. The van der Waals surface area contributed by atoms with Crippen molar-refractivity contribution in [3.63, 3.8) is 0 Å². The van der Waals surface area contributed by atoms with Crippen LogP contribution in [0.3, 0.4) is 0 Å². The molecule has 2 aromatic rings. The Kier molecular flexibility index (Phi) is 4.57. The molecule has 1 aliphatic heterocycles. The van der Waals surface area contributed by atoms with Crippen LogP contribution in [0.15, 0.2) is 39.3 Å². The molecule has 0 aliphatic carbocycles. The fourth-order valence-electron chi connectivity index (χ4n) is 2.12. The van der Waals surface area contributed by atoms with Gasteiger partial charge in [-0.1, -0.05) is 37.9 Å². The number of rotatable bonds is 2. The lowest BCUT2D eigenvalue weighted by atomic mass is 10.0. The molecule has 0 bridgehead atoms. The van der Waals surface area contributed by atoms with Gasteiger partial charge in [-0.25, -0.2) is 4.39 Å². The van der Waals surface area contributed by atoms with Crippen molar-refractivity contribution in [3.05, 3.63) is 56.2 Å². The fraction of sp³-hybridized carbons (Fsp3) is 0.200. The maximum atomic E-state index is 13.7. The Morgan fingerprint density at radius 2 is 1.62 bits per heavy atom. The first kappa shape index (κ1) is 15.3. The van der Waals surface area contributed by atoms with Crippen molar-refractivity contribution < 1.29 is 13.9 Å². The molecule has 0 saturated carbocycles. The van der Waals surface area contributed by atoms with Gasteiger partial charge in [0.1, 0.15) is 19.0 Å². The highest BCUT2D eigenvalue weighted by Crippen LogP contribution is 2.42. The highest BCUT2D eigenvalue weighted by Gasteiger charge is 2.20. The minimum atomic E-state index is -0.286. The summed E-state index contributed by atoms with van der Waals surface area (Å²) >= 11 is 10.3. The molecule has 0 saturated heterocycles. The maximum absolute atomic E-state index is 13.7. The van der Waals surface area contributed by atoms with E-state index in [1.54, 1.807) is 6.07 Å². The lowest BCUT2D eigenvalue weighted by Crippen LogP contribution is -2.15. The molecule has 1 heterocycles. The Bertz CT molecular complexity index is 691.